The fourth-order valence-corrected chi connectivity index (χ4v) is 3.48. The van der Waals surface area contributed by atoms with Gasteiger partial charge in [-0.1, -0.05) is 0 Å². The van der Waals surface area contributed by atoms with Crippen LogP contribution in [0.5, 0.6) is 0 Å². The van der Waals surface area contributed by atoms with Crippen molar-refractivity contribution in [2.24, 2.45) is 0 Å². The van der Waals surface area contributed by atoms with Gasteiger partial charge in [-0.25, -0.2) is 4.98 Å². The van der Waals surface area contributed by atoms with E-state index in [0.717, 1.165) is 49.7 Å². The molecule has 0 aliphatic carbocycles. The topological polar surface area (TPSA) is 28.6 Å². The van der Waals surface area contributed by atoms with Crippen molar-refractivity contribution in [2.75, 3.05) is 44.3 Å². The molecule has 2 aliphatic heterocycles. The van der Waals surface area contributed by atoms with Crippen LogP contribution in [0, 0.1) is 6.92 Å². The van der Waals surface area contributed by atoms with Crippen molar-refractivity contribution in [1.82, 2.24) is 9.88 Å². The van der Waals surface area contributed by atoms with Gasteiger partial charge in [0.25, 0.3) is 0 Å². The number of morpholine rings is 1. The third kappa shape index (κ3) is 2.93. The van der Waals surface area contributed by atoms with E-state index in [9.17, 15) is 0 Å². The molecule has 0 saturated carbocycles. The minimum atomic E-state index is 0.661. The standard InChI is InChI=1S/C14H20BrN3O/c1-11-8-12(15)9-16-14(11)18-3-2-13(10-18)17-4-6-19-7-5-17/h8-9,13H,2-7,10H2,1H3. The minimum Gasteiger partial charge on any atom is -0.379 e. The zero-order valence-corrected chi connectivity index (χ0v) is 12.9. The van der Waals surface area contributed by atoms with Gasteiger partial charge >= 0.3 is 0 Å². The van der Waals surface area contributed by atoms with Crippen LogP contribution in [-0.2, 0) is 4.74 Å². The summed E-state index contributed by atoms with van der Waals surface area (Å²) in [7, 11) is 0. The average Bonchev–Trinajstić information content (AvgIpc) is 2.89. The zero-order chi connectivity index (χ0) is 13.2. The fraction of sp³-hybridized carbons (Fsp3) is 0.643. The van der Waals surface area contributed by atoms with Gasteiger partial charge in [-0.05, 0) is 40.9 Å². The highest BCUT2D eigenvalue weighted by molar-refractivity contribution is 9.10. The summed E-state index contributed by atoms with van der Waals surface area (Å²) in [6, 6.07) is 2.80. The molecular weight excluding hydrogens is 306 g/mol. The number of aryl methyl sites for hydroxylation is 1. The summed E-state index contributed by atoms with van der Waals surface area (Å²) < 4.78 is 6.48. The molecule has 3 rings (SSSR count). The van der Waals surface area contributed by atoms with Crippen LogP contribution >= 0.6 is 15.9 Å². The Balaban J connectivity index is 1.67. The molecule has 0 amide bonds. The average molecular weight is 326 g/mol. The molecule has 19 heavy (non-hydrogen) atoms. The molecule has 4 nitrogen and oxygen atoms in total. The van der Waals surface area contributed by atoms with E-state index in [1.165, 1.54) is 12.0 Å². The van der Waals surface area contributed by atoms with Crippen LogP contribution in [0.4, 0.5) is 5.82 Å². The first kappa shape index (κ1) is 13.3. The van der Waals surface area contributed by atoms with Gasteiger partial charge in [0.05, 0.1) is 13.2 Å². The molecule has 2 fully saturated rings. The molecule has 0 spiro atoms. The number of pyridine rings is 1. The molecule has 104 valence electrons. The van der Waals surface area contributed by atoms with Crippen LogP contribution in [-0.4, -0.2) is 55.3 Å². The maximum absolute atomic E-state index is 5.43. The highest BCUT2D eigenvalue weighted by atomic mass is 79.9. The Morgan fingerprint density at radius 2 is 2.11 bits per heavy atom. The Labute approximate surface area is 122 Å². The molecule has 0 radical (unpaired) electrons. The number of hydrogen-bond donors (Lipinski definition) is 0. The third-order valence-corrected chi connectivity index (χ3v) is 4.48. The molecule has 1 unspecified atom stereocenters. The van der Waals surface area contributed by atoms with Crippen molar-refractivity contribution >= 4 is 21.7 Å². The monoisotopic (exact) mass is 325 g/mol. The summed E-state index contributed by atoms with van der Waals surface area (Å²) in [5.74, 6) is 1.14. The summed E-state index contributed by atoms with van der Waals surface area (Å²) in [4.78, 5) is 9.56. The number of anilines is 1. The smallest absolute Gasteiger partial charge is 0.131 e. The number of rotatable bonds is 2. The highest BCUT2D eigenvalue weighted by Gasteiger charge is 2.29. The molecule has 2 saturated heterocycles. The van der Waals surface area contributed by atoms with Gasteiger partial charge in [-0.15, -0.1) is 0 Å². The molecule has 0 aromatic carbocycles. The number of nitrogens with zero attached hydrogens (tertiary/aromatic N) is 3. The van der Waals surface area contributed by atoms with E-state index in [0.29, 0.717) is 6.04 Å². The Bertz CT molecular complexity index is 448. The molecule has 3 heterocycles. The largest absolute Gasteiger partial charge is 0.379 e. The maximum Gasteiger partial charge on any atom is 0.131 e. The Morgan fingerprint density at radius 3 is 2.84 bits per heavy atom. The molecule has 2 aliphatic rings. The predicted molar refractivity (Wildman–Crippen MR) is 79.7 cm³/mol. The van der Waals surface area contributed by atoms with Gasteiger partial charge in [0.2, 0.25) is 0 Å². The van der Waals surface area contributed by atoms with Gasteiger partial charge in [-0.2, -0.15) is 0 Å². The summed E-state index contributed by atoms with van der Waals surface area (Å²) in [5, 5.41) is 0. The first-order valence-corrected chi connectivity index (χ1v) is 7.72. The molecule has 1 aromatic rings. The second kappa shape index (κ2) is 5.77. The van der Waals surface area contributed by atoms with Crippen molar-refractivity contribution in [3.8, 4) is 0 Å². The van der Waals surface area contributed by atoms with Gasteiger partial charge < -0.3 is 9.64 Å². The summed E-state index contributed by atoms with van der Waals surface area (Å²) in [5.41, 5.74) is 1.25. The zero-order valence-electron chi connectivity index (χ0n) is 11.3. The molecule has 1 atom stereocenters. The minimum absolute atomic E-state index is 0.661. The Morgan fingerprint density at radius 1 is 1.32 bits per heavy atom. The molecule has 5 heteroatoms. The first-order valence-electron chi connectivity index (χ1n) is 6.93. The number of halogens is 1. The van der Waals surface area contributed by atoms with Crippen molar-refractivity contribution in [3.05, 3.63) is 22.3 Å². The summed E-state index contributed by atoms with van der Waals surface area (Å²) in [6.07, 6.45) is 3.13. The van der Waals surface area contributed by atoms with E-state index >= 15 is 0 Å². The maximum atomic E-state index is 5.43. The lowest BCUT2D eigenvalue weighted by Gasteiger charge is -2.32. The van der Waals surface area contributed by atoms with E-state index in [4.69, 9.17) is 4.74 Å². The number of ether oxygens (including phenoxy) is 1. The number of hydrogen-bond acceptors (Lipinski definition) is 4. The second-order valence-corrected chi connectivity index (χ2v) is 6.25. The summed E-state index contributed by atoms with van der Waals surface area (Å²) in [6.45, 7) is 8.25. The van der Waals surface area contributed by atoms with Crippen molar-refractivity contribution in [1.29, 1.82) is 0 Å². The summed E-state index contributed by atoms with van der Waals surface area (Å²) >= 11 is 3.48. The quantitative estimate of drug-likeness (QED) is 0.832. The van der Waals surface area contributed by atoms with Crippen LogP contribution < -0.4 is 4.90 Å². The molecule has 0 N–H and O–H groups in total. The van der Waals surface area contributed by atoms with Gasteiger partial charge in [0, 0.05) is 42.9 Å². The van der Waals surface area contributed by atoms with E-state index in [2.05, 4.69) is 43.7 Å². The highest BCUT2D eigenvalue weighted by Crippen LogP contribution is 2.26. The van der Waals surface area contributed by atoms with E-state index in [1.807, 2.05) is 6.20 Å². The van der Waals surface area contributed by atoms with Crippen LogP contribution in [0.25, 0.3) is 0 Å². The first-order chi connectivity index (χ1) is 9.24. The lowest BCUT2D eigenvalue weighted by atomic mass is 10.2. The molecule has 0 bridgehead atoms. The molecular formula is C14H20BrN3O. The van der Waals surface area contributed by atoms with E-state index < -0.39 is 0 Å². The number of aromatic nitrogens is 1. The van der Waals surface area contributed by atoms with Gasteiger partial charge in [0.15, 0.2) is 0 Å². The van der Waals surface area contributed by atoms with Crippen LogP contribution in [0.3, 0.4) is 0 Å². The SMILES string of the molecule is Cc1cc(Br)cnc1N1CCC(N2CCOCC2)C1. The van der Waals surface area contributed by atoms with E-state index in [1.54, 1.807) is 0 Å². The molecule has 1 aromatic heterocycles. The fourth-order valence-electron chi connectivity index (χ4n) is 3.04. The lowest BCUT2D eigenvalue weighted by molar-refractivity contribution is 0.0209. The van der Waals surface area contributed by atoms with Gasteiger partial charge in [0.1, 0.15) is 5.82 Å². The Hall–Kier alpha value is -0.650. The van der Waals surface area contributed by atoms with Crippen molar-refractivity contribution < 1.29 is 4.74 Å². The van der Waals surface area contributed by atoms with Crippen LogP contribution in [0.1, 0.15) is 12.0 Å². The normalized spacial score (nSPS) is 24.9. The van der Waals surface area contributed by atoms with Crippen molar-refractivity contribution in [3.63, 3.8) is 0 Å². The van der Waals surface area contributed by atoms with E-state index in [-0.39, 0.29) is 0 Å². The van der Waals surface area contributed by atoms with Gasteiger partial charge in [-0.3, -0.25) is 4.90 Å². The lowest BCUT2D eigenvalue weighted by Crippen LogP contribution is -2.44. The predicted octanol–water partition coefficient (Wildman–Crippen LogP) is 2.06. The van der Waals surface area contributed by atoms with Crippen LogP contribution in [0.2, 0.25) is 0 Å². The third-order valence-electron chi connectivity index (χ3n) is 4.04. The van der Waals surface area contributed by atoms with Crippen molar-refractivity contribution in [2.45, 2.75) is 19.4 Å². The van der Waals surface area contributed by atoms with Crippen LogP contribution in [0.15, 0.2) is 16.7 Å². The second-order valence-electron chi connectivity index (χ2n) is 5.33. The Kier molecular flexibility index (Phi) is 4.05.